The average Bonchev–Trinajstić information content (AvgIpc) is 3.38. The molecule has 5 rings (SSSR count). The Hall–Kier alpha value is -4.73. The molecule has 4 aromatic carbocycles. The number of benzene rings is 4. The SMILES string of the molecule is CNC(=O)c1ccc(CNC(c2ccc(C#N)c(-c3cccc4ccccc34)c2)c2cncn2C)cc1. The van der Waals surface area contributed by atoms with Gasteiger partial charge in [0, 0.05) is 31.8 Å². The van der Waals surface area contributed by atoms with E-state index in [1.54, 1.807) is 13.4 Å². The van der Waals surface area contributed by atoms with Crippen LogP contribution >= 0.6 is 0 Å². The number of aryl methyl sites for hydroxylation is 1. The van der Waals surface area contributed by atoms with Gasteiger partial charge < -0.3 is 15.2 Å². The molecule has 1 heterocycles. The summed E-state index contributed by atoms with van der Waals surface area (Å²) in [7, 11) is 3.60. The van der Waals surface area contributed by atoms with Crippen molar-refractivity contribution in [1.29, 1.82) is 5.26 Å². The van der Waals surface area contributed by atoms with Crippen LogP contribution in [0.3, 0.4) is 0 Å². The fraction of sp³-hybridized carbons (Fsp3) is 0.129. The van der Waals surface area contributed by atoms with Gasteiger partial charge in [0.15, 0.2) is 0 Å². The topological polar surface area (TPSA) is 82.7 Å². The van der Waals surface area contributed by atoms with Gasteiger partial charge in [-0.2, -0.15) is 5.26 Å². The monoisotopic (exact) mass is 485 g/mol. The highest BCUT2D eigenvalue weighted by Gasteiger charge is 2.20. The van der Waals surface area contributed by atoms with Gasteiger partial charge in [-0.1, -0.05) is 60.7 Å². The van der Waals surface area contributed by atoms with Crippen LogP contribution in [0.1, 0.15) is 38.8 Å². The summed E-state index contributed by atoms with van der Waals surface area (Å²) in [6.45, 7) is 0.591. The van der Waals surface area contributed by atoms with Gasteiger partial charge in [0.1, 0.15) is 0 Å². The molecule has 0 aliphatic carbocycles. The molecule has 37 heavy (non-hydrogen) atoms. The highest BCUT2D eigenvalue weighted by Crippen LogP contribution is 2.34. The molecule has 182 valence electrons. The van der Waals surface area contributed by atoms with Crippen LogP contribution in [-0.2, 0) is 13.6 Å². The van der Waals surface area contributed by atoms with Crippen LogP contribution in [0.2, 0.25) is 0 Å². The van der Waals surface area contributed by atoms with E-state index in [1.165, 1.54) is 0 Å². The lowest BCUT2D eigenvalue weighted by atomic mass is 9.91. The van der Waals surface area contributed by atoms with E-state index in [2.05, 4.69) is 52.0 Å². The Kier molecular flexibility index (Phi) is 6.80. The first kappa shape index (κ1) is 24.0. The summed E-state index contributed by atoms with van der Waals surface area (Å²) >= 11 is 0. The van der Waals surface area contributed by atoms with Crippen LogP contribution in [0.4, 0.5) is 0 Å². The number of carbonyl (C=O) groups is 1. The van der Waals surface area contributed by atoms with Crippen LogP contribution < -0.4 is 10.6 Å². The number of hydrogen-bond donors (Lipinski definition) is 2. The van der Waals surface area contributed by atoms with Crippen LogP contribution in [0.15, 0.2) is 97.5 Å². The average molecular weight is 486 g/mol. The minimum atomic E-state index is -0.160. The summed E-state index contributed by atoms with van der Waals surface area (Å²) in [6, 6.07) is 30.2. The summed E-state index contributed by atoms with van der Waals surface area (Å²) in [5.74, 6) is -0.106. The molecule has 6 heteroatoms. The number of amides is 1. The molecule has 0 aliphatic rings. The molecule has 2 N–H and O–H groups in total. The minimum Gasteiger partial charge on any atom is -0.355 e. The Labute approximate surface area is 216 Å². The molecular weight excluding hydrogens is 458 g/mol. The van der Waals surface area contributed by atoms with Gasteiger partial charge in [0.05, 0.1) is 35.9 Å². The number of fused-ring (bicyclic) bond motifs is 1. The van der Waals surface area contributed by atoms with E-state index < -0.39 is 0 Å². The number of nitrogens with zero attached hydrogens (tertiary/aromatic N) is 3. The Balaban J connectivity index is 1.54. The highest BCUT2D eigenvalue weighted by molar-refractivity contribution is 5.98. The van der Waals surface area contributed by atoms with Gasteiger partial charge in [-0.15, -0.1) is 0 Å². The number of nitrogens with one attached hydrogen (secondary N) is 2. The minimum absolute atomic E-state index is 0.106. The third-order valence-corrected chi connectivity index (χ3v) is 6.68. The van der Waals surface area contributed by atoms with Crippen LogP contribution in [-0.4, -0.2) is 22.5 Å². The number of hydrogen-bond acceptors (Lipinski definition) is 4. The molecule has 1 unspecified atom stereocenters. The Bertz CT molecular complexity index is 1610. The molecule has 0 radical (unpaired) electrons. The largest absolute Gasteiger partial charge is 0.355 e. The predicted molar refractivity (Wildman–Crippen MR) is 146 cm³/mol. The Morgan fingerprint density at radius 1 is 1.00 bits per heavy atom. The summed E-state index contributed by atoms with van der Waals surface area (Å²) in [4.78, 5) is 16.2. The molecule has 0 bridgehead atoms. The van der Waals surface area contributed by atoms with Crippen molar-refractivity contribution in [3.63, 3.8) is 0 Å². The first-order valence-electron chi connectivity index (χ1n) is 12.1. The fourth-order valence-electron chi connectivity index (χ4n) is 4.70. The molecule has 1 aromatic heterocycles. The highest BCUT2D eigenvalue weighted by atomic mass is 16.1. The lowest BCUT2D eigenvalue weighted by molar-refractivity contribution is 0.0963. The third-order valence-electron chi connectivity index (χ3n) is 6.68. The first-order chi connectivity index (χ1) is 18.1. The van der Waals surface area contributed by atoms with Crippen molar-refractivity contribution in [3.05, 3.63) is 125 Å². The second kappa shape index (κ2) is 10.5. The summed E-state index contributed by atoms with van der Waals surface area (Å²) < 4.78 is 2.00. The van der Waals surface area contributed by atoms with Crippen molar-refractivity contribution in [2.24, 2.45) is 7.05 Å². The maximum absolute atomic E-state index is 11.9. The molecule has 0 aliphatic heterocycles. The standard InChI is InChI=1S/C31H27N5O/c1-33-31(37)23-12-10-21(11-13-23)18-35-30(29-19-34-20-36(29)2)24-14-15-25(17-32)28(16-24)27-9-5-7-22-6-3-4-8-26(22)27/h3-16,19-20,30,35H,18H2,1-2H3,(H,33,37). The number of nitriles is 1. The zero-order chi connectivity index (χ0) is 25.8. The molecule has 5 aromatic rings. The Morgan fingerprint density at radius 3 is 2.51 bits per heavy atom. The second-order valence-electron chi connectivity index (χ2n) is 8.96. The molecule has 6 nitrogen and oxygen atoms in total. The van der Waals surface area contributed by atoms with Crippen molar-refractivity contribution in [3.8, 4) is 17.2 Å². The van der Waals surface area contributed by atoms with Crippen LogP contribution in [0, 0.1) is 11.3 Å². The van der Waals surface area contributed by atoms with Crippen LogP contribution in [0.25, 0.3) is 21.9 Å². The smallest absolute Gasteiger partial charge is 0.251 e. The van der Waals surface area contributed by atoms with Gasteiger partial charge in [0.25, 0.3) is 5.91 Å². The van der Waals surface area contributed by atoms with E-state index in [9.17, 15) is 10.1 Å². The first-order valence-corrected chi connectivity index (χ1v) is 12.1. The van der Waals surface area contributed by atoms with Crippen molar-refractivity contribution >= 4 is 16.7 Å². The normalized spacial score (nSPS) is 11.7. The van der Waals surface area contributed by atoms with Gasteiger partial charge in [-0.05, 0) is 51.7 Å². The lowest BCUT2D eigenvalue weighted by Crippen LogP contribution is -2.24. The Morgan fingerprint density at radius 2 is 1.78 bits per heavy atom. The van der Waals surface area contributed by atoms with Gasteiger partial charge in [-0.25, -0.2) is 4.98 Å². The fourth-order valence-corrected chi connectivity index (χ4v) is 4.70. The van der Waals surface area contributed by atoms with E-state index >= 15 is 0 Å². The molecule has 0 saturated carbocycles. The van der Waals surface area contributed by atoms with E-state index in [4.69, 9.17) is 0 Å². The van der Waals surface area contributed by atoms with Gasteiger partial charge >= 0.3 is 0 Å². The molecule has 0 saturated heterocycles. The number of aromatic nitrogens is 2. The van der Waals surface area contributed by atoms with Gasteiger partial charge in [-0.3, -0.25) is 4.79 Å². The summed E-state index contributed by atoms with van der Waals surface area (Å²) in [5, 5.41) is 18.5. The van der Waals surface area contributed by atoms with Gasteiger partial charge in [0.2, 0.25) is 0 Å². The summed E-state index contributed by atoms with van der Waals surface area (Å²) in [6.07, 6.45) is 3.65. The maximum Gasteiger partial charge on any atom is 0.251 e. The number of rotatable bonds is 7. The summed E-state index contributed by atoms with van der Waals surface area (Å²) in [5.41, 5.74) is 6.30. The van der Waals surface area contributed by atoms with Crippen molar-refractivity contribution in [2.75, 3.05) is 7.05 Å². The van der Waals surface area contributed by atoms with E-state index in [1.807, 2.05) is 72.4 Å². The number of imidazole rings is 1. The van der Waals surface area contributed by atoms with E-state index in [0.717, 1.165) is 38.7 Å². The second-order valence-corrected chi connectivity index (χ2v) is 8.96. The predicted octanol–water partition coefficient (Wildman–Crippen LogP) is 5.35. The molecule has 1 amide bonds. The van der Waals surface area contributed by atoms with E-state index in [-0.39, 0.29) is 11.9 Å². The molecule has 1 atom stereocenters. The van der Waals surface area contributed by atoms with Crippen molar-refractivity contribution in [1.82, 2.24) is 20.2 Å². The number of carbonyl (C=O) groups excluding carboxylic acids is 1. The molecule has 0 fully saturated rings. The third kappa shape index (κ3) is 4.86. The van der Waals surface area contributed by atoms with Crippen molar-refractivity contribution < 1.29 is 4.79 Å². The van der Waals surface area contributed by atoms with Crippen LogP contribution in [0.5, 0.6) is 0 Å². The van der Waals surface area contributed by atoms with E-state index in [0.29, 0.717) is 17.7 Å². The lowest BCUT2D eigenvalue weighted by Gasteiger charge is -2.21. The van der Waals surface area contributed by atoms with Crippen molar-refractivity contribution in [2.45, 2.75) is 12.6 Å². The quantitative estimate of drug-likeness (QED) is 0.326. The maximum atomic E-state index is 11.9. The zero-order valence-electron chi connectivity index (χ0n) is 20.8. The zero-order valence-corrected chi connectivity index (χ0v) is 20.8. The molecule has 0 spiro atoms. The molecular formula is C31H27N5O.